The molecule has 6 nitrogen and oxygen atoms in total. The number of nitrogens with zero attached hydrogens (tertiary/aromatic N) is 1. The van der Waals surface area contributed by atoms with Crippen molar-refractivity contribution in [3.63, 3.8) is 0 Å². The number of rotatable bonds is 6. The number of nitrogens with one attached hydrogen (secondary N) is 1. The van der Waals surface area contributed by atoms with Gasteiger partial charge in [-0.1, -0.05) is 30.7 Å². The number of aromatic nitrogens is 2. The summed E-state index contributed by atoms with van der Waals surface area (Å²) >= 11 is 0. The molecule has 3 N–H and O–H groups in total. The van der Waals surface area contributed by atoms with Gasteiger partial charge < -0.3 is 14.9 Å². The molecule has 2 atom stereocenters. The minimum absolute atomic E-state index is 0.168. The lowest BCUT2D eigenvalue weighted by Crippen LogP contribution is -2.34. The topological polar surface area (TPSA) is 95.4 Å². The summed E-state index contributed by atoms with van der Waals surface area (Å²) in [5.74, 6) is 0.696. The van der Waals surface area contributed by atoms with Crippen LogP contribution in [0.25, 0.3) is 11.3 Å². The largest absolute Gasteiger partial charge is 0.481 e. The first kappa shape index (κ1) is 20.0. The summed E-state index contributed by atoms with van der Waals surface area (Å²) in [6.45, 7) is 0. The van der Waals surface area contributed by atoms with E-state index in [1.807, 2.05) is 6.07 Å². The zero-order valence-corrected chi connectivity index (χ0v) is 16.7. The third-order valence-corrected chi connectivity index (χ3v) is 6.50. The molecule has 1 aromatic carbocycles. The lowest BCUT2D eigenvalue weighted by atomic mass is 9.77. The summed E-state index contributed by atoms with van der Waals surface area (Å²) < 4.78 is 5.89. The number of carboxylic acid groups (broad SMARTS) is 1. The fraction of sp³-hybridized carbons (Fsp3) is 0.565. The number of hydrogen-bond acceptors (Lipinski definition) is 4. The second-order valence-corrected chi connectivity index (χ2v) is 8.57. The quantitative estimate of drug-likeness (QED) is 0.665. The Hall–Kier alpha value is -2.34. The Morgan fingerprint density at radius 1 is 1.07 bits per heavy atom. The molecule has 1 aromatic heterocycles. The Morgan fingerprint density at radius 2 is 1.79 bits per heavy atom. The molecule has 156 valence electrons. The zero-order valence-electron chi connectivity index (χ0n) is 16.7. The first-order chi connectivity index (χ1) is 14.1. The molecule has 0 aliphatic heterocycles. The average molecular weight is 399 g/mol. The van der Waals surface area contributed by atoms with Gasteiger partial charge in [0.2, 0.25) is 5.88 Å². The molecular weight excluding hydrogens is 368 g/mol. The van der Waals surface area contributed by atoms with E-state index in [-0.39, 0.29) is 6.10 Å². The zero-order chi connectivity index (χ0) is 20.2. The molecule has 6 heteroatoms. The standard InChI is InChI=1S/C23H30N2O4/c26-20-3-1-2-4-21(20)29-22-14-19(24-25-22)18-11-9-17(10-12-18)16-7-5-15(6-8-16)13-23(27)28/h9-12,14-16,20-21,26H,1-8,13H2,(H,24,25)(H,27,28). The van der Waals surface area contributed by atoms with E-state index in [1.165, 1.54) is 5.56 Å². The molecule has 2 unspecified atom stereocenters. The van der Waals surface area contributed by atoms with Crippen LogP contribution in [0.4, 0.5) is 0 Å². The van der Waals surface area contributed by atoms with Crippen molar-refractivity contribution < 1.29 is 19.7 Å². The maximum atomic E-state index is 10.9. The number of hydrogen-bond donors (Lipinski definition) is 3. The van der Waals surface area contributed by atoms with E-state index in [0.29, 0.717) is 24.1 Å². The van der Waals surface area contributed by atoms with Crippen LogP contribution in [0.15, 0.2) is 30.3 Å². The molecule has 0 bridgehead atoms. The molecule has 0 saturated heterocycles. The van der Waals surface area contributed by atoms with Gasteiger partial charge in [0, 0.05) is 12.5 Å². The highest BCUT2D eigenvalue weighted by molar-refractivity contribution is 5.67. The number of aliphatic hydroxyl groups excluding tert-OH is 1. The van der Waals surface area contributed by atoms with Crippen LogP contribution in [0.3, 0.4) is 0 Å². The van der Waals surface area contributed by atoms with Gasteiger partial charge in [-0.25, -0.2) is 0 Å². The molecule has 4 rings (SSSR count). The van der Waals surface area contributed by atoms with E-state index >= 15 is 0 Å². The highest BCUT2D eigenvalue weighted by atomic mass is 16.5. The lowest BCUT2D eigenvalue weighted by molar-refractivity contribution is -0.138. The summed E-state index contributed by atoms with van der Waals surface area (Å²) in [4.78, 5) is 10.9. The third-order valence-electron chi connectivity index (χ3n) is 6.50. The van der Waals surface area contributed by atoms with Crippen LogP contribution in [0, 0.1) is 5.92 Å². The van der Waals surface area contributed by atoms with Gasteiger partial charge in [0.25, 0.3) is 0 Å². The van der Waals surface area contributed by atoms with Crippen molar-refractivity contribution in [3.8, 4) is 17.1 Å². The Kier molecular flexibility index (Phi) is 6.19. The molecular formula is C23H30N2O4. The van der Waals surface area contributed by atoms with Crippen molar-refractivity contribution in [1.82, 2.24) is 10.2 Å². The third kappa shape index (κ3) is 4.99. The number of aliphatic hydroxyl groups is 1. The fourth-order valence-electron chi connectivity index (χ4n) is 4.76. The number of benzene rings is 1. The molecule has 2 aliphatic carbocycles. The fourth-order valence-corrected chi connectivity index (χ4v) is 4.76. The maximum absolute atomic E-state index is 10.9. The van der Waals surface area contributed by atoms with Gasteiger partial charge in [-0.3, -0.25) is 9.89 Å². The van der Waals surface area contributed by atoms with Gasteiger partial charge in [-0.05, 0) is 67.9 Å². The summed E-state index contributed by atoms with van der Waals surface area (Å²) in [5.41, 5.74) is 3.28. The number of H-pyrrole nitrogens is 1. The van der Waals surface area contributed by atoms with Crippen LogP contribution in [0.1, 0.15) is 69.3 Å². The Bertz CT molecular complexity index is 809. The average Bonchev–Trinajstić information content (AvgIpc) is 3.19. The molecule has 2 aliphatic rings. The van der Waals surface area contributed by atoms with Crippen molar-refractivity contribution in [3.05, 3.63) is 35.9 Å². The van der Waals surface area contributed by atoms with Crippen LogP contribution in [0.5, 0.6) is 5.88 Å². The molecule has 2 saturated carbocycles. The molecule has 2 aromatic rings. The van der Waals surface area contributed by atoms with Gasteiger partial charge in [0.1, 0.15) is 6.10 Å². The van der Waals surface area contributed by atoms with E-state index < -0.39 is 12.1 Å². The smallest absolute Gasteiger partial charge is 0.303 e. The second-order valence-electron chi connectivity index (χ2n) is 8.57. The number of ether oxygens (including phenoxy) is 1. The summed E-state index contributed by atoms with van der Waals surface area (Å²) in [7, 11) is 0. The summed E-state index contributed by atoms with van der Waals surface area (Å²) in [6, 6.07) is 10.4. The van der Waals surface area contributed by atoms with Gasteiger partial charge in [-0.2, -0.15) is 0 Å². The van der Waals surface area contributed by atoms with Crippen molar-refractivity contribution in [2.45, 2.75) is 75.9 Å². The number of carboxylic acids is 1. The van der Waals surface area contributed by atoms with Gasteiger partial charge >= 0.3 is 5.97 Å². The minimum Gasteiger partial charge on any atom is -0.481 e. The van der Waals surface area contributed by atoms with Crippen molar-refractivity contribution in [2.75, 3.05) is 0 Å². The Labute approximate surface area is 171 Å². The normalized spacial score (nSPS) is 27.5. The van der Waals surface area contributed by atoms with Crippen LogP contribution >= 0.6 is 0 Å². The van der Waals surface area contributed by atoms with E-state index in [4.69, 9.17) is 9.84 Å². The maximum Gasteiger partial charge on any atom is 0.303 e. The van der Waals surface area contributed by atoms with Gasteiger partial charge in [0.15, 0.2) is 0 Å². The number of aromatic amines is 1. The summed E-state index contributed by atoms with van der Waals surface area (Å²) in [5, 5.41) is 26.3. The van der Waals surface area contributed by atoms with Crippen LogP contribution in [0.2, 0.25) is 0 Å². The van der Waals surface area contributed by atoms with Crippen molar-refractivity contribution >= 4 is 5.97 Å². The second kappa shape index (κ2) is 8.99. The molecule has 0 amide bonds. The molecule has 0 radical (unpaired) electrons. The minimum atomic E-state index is -0.682. The lowest BCUT2D eigenvalue weighted by Gasteiger charge is -2.28. The predicted molar refractivity (Wildman–Crippen MR) is 110 cm³/mol. The summed E-state index contributed by atoms with van der Waals surface area (Å²) in [6.07, 6.45) is 7.63. The first-order valence-electron chi connectivity index (χ1n) is 10.8. The SMILES string of the molecule is O=C(O)CC1CCC(c2ccc(-c3cc(OC4CCCCC4O)n[nH]3)cc2)CC1. The molecule has 2 fully saturated rings. The van der Waals surface area contributed by atoms with Crippen LogP contribution < -0.4 is 4.74 Å². The van der Waals surface area contributed by atoms with Crippen LogP contribution in [-0.2, 0) is 4.79 Å². The highest BCUT2D eigenvalue weighted by Crippen LogP contribution is 2.37. The van der Waals surface area contributed by atoms with Crippen LogP contribution in [-0.4, -0.2) is 38.6 Å². The highest BCUT2D eigenvalue weighted by Gasteiger charge is 2.26. The van der Waals surface area contributed by atoms with Gasteiger partial charge in [-0.15, -0.1) is 5.10 Å². The molecule has 1 heterocycles. The Morgan fingerprint density at radius 3 is 2.48 bits per heavy atom. The Balaban J connectivity index is 1.35. The number of carbonyl (C=O) groups is 1. The van der Waals surface area contributed by atoms with Crippen molar-refractivity contribution in [1.29, 1.82) is 0 Å². The van der Waals surface area contributed by atoms with E-state index in [9.17, 15) is 9.90 Å². The number of aliphatic carboxylic acids is 1. The molecule has 0 spiro atoms. The monoisotopic (exact) mass is 398 g/mol. The van der Waals surface area contributed by atoms with E-state index in [0.717, 1.165) is 62.6 Å². The predicted octanol–water partition coefficient (Wildman–Crippen LogP) is 4.51. The van der Waals surface area contributed by atoms with Crippen molar-refractivity contribution in [2.24, 2.45) is 5.92 Å². The first-order valence-corrected chi connectivity index (χ1v) is 10.8. The molecule has 29 heavy (non-hydrogen) atoms. The van der Waals surface area contributed by atoms with E-state index in [1.54, 1.807) is 0 Å². The van der Waals surface area contributed by atoms with E-state index in [2.05, 4.69) is 34.5 Å². The van der Waals surface area contributed by atoms with Gasteiger partial charge in [0.05, 0.1) is 11.8 Å².